The molecule has 0 radical (unpaired) electrons. The van der Waals surface area contributed by atoms with E-state index in [0.29, 0.717) is 47.4 Å². The fourth-order valence-corrected chi connectivity index (χ4v) is 5.07. The summed E-state index contributed by atoms with van der Waals surface area (Å²) in [5.74, 6) is -0.497. The topological polar surface area (TPSA) is 55.2 Å². The van der Waals surface area contributed by atoms with Gasteiger partial charge in [-0.2, -0.15) is 0 Å². The number of carbonyl (C=O) groups excluding carboxylic acids is 1. The molecular weight excluding hydrogens is 429 g/mol. The molecule has 1 aliphatic heterocycles. The summed E-state index contributed by atoms with van der Waals surface area (Å²) in [6, 6.07) is 15.9. The Morgan fingerprint density at radius 2 is 1.71 bits per heavy atom. The first-order chi connectivity index (χ1) is 16.3. The lowest BCUT2D eigenvalue weighted by Crippen LogP contribution is -2.34. The highest BCUT2D eigenvalue weighted by Crippen LogP contribution is 2.33. The first kappa shape index (κ1) is 22.0. The van der Waals surface area contributed by atoms with Crippen molar-refractivity contribution < 1.29 is 9.18 Å². The van der Waals surface area contributed by atoms with Crippen molar-refractivity contribution in [1.29, 1.82) is 0 Å². The highest BCUT2D eigenvalue weighted by atomic mass is 19.1. The zero-order valence-electron chi connectivity index (χ0n) is 19.5. The van der Waals surface area contributed by atoms with Gasteiger partial charge in [0.05, 0.1) is 0 Å². The van der Waals surface area contributed by atoms with Gasteiger partial charge in [0.2, 0.25) is 0 Å². The van der Waals surface area contributed by atoms with Crippen LogP contribution in [-0.2, 0) is 13.1 Å². The lowest BCUT2D eigenvalue weighted by molar-refractivity contribution is 0.0729. The molecule has 0 fully saturated rings. The first-order valence-electron chi connectivity index (χ1n) is 11.5. The van der Waals surface area contributed by atoms with Gasteiger partial charge in [0.1, 0.15) is 17.0 Å². The van der Waals surface area contributed by atoms with Crippen LogP contribution in [0.25, 0.3) is 22.0 Å². The third-order valence-corrected chi connectivity index (χ3v) is 6.34. The summed E-state index contributed by atoms with van der Waals surface area (Å²) in [5.41, 5.74) is 5.02. The van der Waals surface area contributed by atoms with E-state index < -0.39 is 0 Å². The van der Waals surface area contributed by atoms with Crippen LogP contribution in [0.2, 0.25) is 0 Å². The second-order valence-electron chi connectivity index (χ2n) is 9.33. The van der Waals surface area contributed by atoms with Crippen molar-refractivity contribution in [2.24, 2.45) is 5.92 Å². The summed E-state index contributed by atoms with van der Waals surface area (Å²) in [6.45, 7) is 7.52. The Balaban J connectivity index is 1.75. The van der Waals surface area contributed by atoms with E-state index >= 15 is 0 Å². The molecule has 0 bridgehead atoms. The normalized spacial score (nSPS) is 15.9. The van der Waals surface area contributed by atoms with Gasteiger partial charge in [-0.1, -0.05) is 54.4 Å². The molecule has 3 heterocycles. The summed E-state index contributed by atoms with van der Waals surface area (Å²) in [6.07, 6.45) is 1.58. The monoisotopic (exact) mass is 455 g/mol. The van der Waals surface area contributed by atoms with E-state index in [-0.39, 0.29) is 23.2 Å². The number of halogens is 1. The largest absolute Gasteiger partial charge is 0.333 e. The standard InChI is InChI=1S/C28H26FN3O2/c1-17-11-18(2)13-20(12-17)16-31-14-19(3)15-32-26(28(31)34)24(21-6-8-22(29)9-7-21)23-5-4-10-30-25(23)27(32)33/h4-13,19H,14-16H2,1-3H3/t19-/m0/s1. The maximum Gasteiger partial charge on any atom is 0.277 e. The molecule has 34 heavy (non-hydrogen) atoms. The number of nitrogens with zero attached hydrogens (tertiary/aromatic N) is 3. The molecular formula is C28H26FN3O2. The highest BCUT2D eigenvalue weighted by molar-refractivity contribution is 6.07. The fourth-order valence-electron chi connectivity index (χ4n) is 5.07. The predicted octanol–water partition coefficient (Wildman–Crippen LogP) is 5.11. The average molecular weight is 456 g/mol. The van der Waals surface area contributed by atoms with Crippen LogP contribution >= 0.6 is 0 Å². The van der Waals surface area contributed by atoms with Crippen LogP contribution in [-0.4, -0.2) is 26.9 Å². The van der Waals surface area contributed by atoms with Crippen molar-refractivity contribution in [3.8, 4) is 11.1 Å². The Morgan fingerprint density at radius 1 is 1.00 bits per heavy atom. The SMILES string of the molecule is Cc1cc(C)cc(CN2C[C@H](C)Cn3c(c(-c4ccc(F)cc4)c4cccnc4c3=O)C2=O)c1. The van der Waals surface area contributed by atoms with Gasteiger partial charge in [0.25, 0.3) is 11.5 Å². The summed E-state index contributed by atoms with van der Waals surface area (Å²) in [7, 11) is 0. The molecule has 0 N–H and O–H groups in total. The van der Waals surface area contributed by atoms with Crippen LogP contribution in [0.5, 0.6) is 0 Å². The van der Waals surface area contributed by atoms with Crippen LogP contribution in [0.3, 0.4) is 0 Å². The Kier molecular flexibility index (Phi) is 5.52. The zero-order chi connectivity index (χ0) is 24.0. The number of hydrogen-bond donors (Lipinski definition) is 0. The fraction of sp³-hybridized carbons (Fsp3) is 0.250. The van der Waals surface area contributed by atoms with Gasteiger partial charge in [0, 0.05) is 36.8 Å². The van der Waals surface area contributed by atoms with Crippen molar-refractivity contribution in [3.05, 3.63) is 99.3 Å². The summed E-state index contributed by atoms with van der Waals surface area (Å²) >= 11 is 0. The molecule has 0 saturated heterocycles. The third-order valence-electron chi connectivity index (χ3n) is 6.34. The van der Waals surface area contributed by atoms with Gasteiger partial charge in [0.15, 0.2) is 0 Å². The molecule has 2 aromatic carbocycles. The van der Waals surface area contributed by atoms with E-state index in [4.69, 9.17) is 0 Å². The molecule has 1 aliphatic rings. The van der Waals surface area contributed by atoms with Crippen LogP contribution in [0.4, 0.5) is 4.39 Å². The van der Waals surface area contributed by atoms with Gasteiger partial charge >= 0.3 is 0 Å². The molecule has 1 amide bonds. The molecule has 6 heteroatoms. The lowest BCUT2D eigenvalue weighted by Gasteiger charge is -2.24. The Bertz CT molecular complexity index is 1450. The molecule has 0 aliphatic carbocycles. The first-order valence-corrected chi connectivity index (χ1v) is 11.5. The molecule has 4 aromatic rings. The van der Waals surface area contributed by atoms with E-state index in [9.17, 15) is 14.0 Å². The van der Waals surface area contributed by atoms with Crippen molar-refractivity contribution in [2.45, 2.75) is 33.9 Å². The second-order valence-corrected chi connectivity index (χ2v) is 9.33. The second kappa shape index (κ2) is 8.52. The molecule has 5 rings (SSSR count). The average Bonchev–Trinajstić information content (AvgIpc) is 2.91. The van der Waals surface area contributed by atoms with Gasteiger partial charge in [-0.15, -0.1) is 0 Å². The minimum Gasteiger partial charge on any atom is -0.333 e. The minimum atomic E-state index is -0.359. The smallest absolute Gasteiger partial charge is 0.277 e. The molecule has 5 nitrogen and oxygen atoms in total. The van der Waals surface area contributed by atoms with Gasteiger partial charge < -0.3 is 9.47 Å². The Hall–Kier alpha value is -3.80. The number of pyridine rings is 2. The van der Waals surface area contributed by atoms with Crippen molar-refractivity contribution >= 4 is 16.8 Å². The zero-order valence-corrected chi connectivity index (χ0v) is 19.5. The minimum absolute atomic E-state index is 0.0658. The van der Waals surface area contributed by atoms with Crippen LogP contribution in [0, 0.1) is 25.6 Å². The molecule has 172 valence electrons. The number of hydrogen-bond acceptors (Lipinski definition) is 3. The van der Waals surface area contributed by atoms with E-state index in [0.717, 1.165) is 16.7 Å². The van der Waals surface area contributed by atoms with Crippen LogP contribution < -0.4 is 5.56 Å². The van der Waals surface area contributed by atoms with Crippen molar-refractivity contribution in [3.63, 3.8) is 0 Å². The number of rotatable bonds is 3. The molecule has 0 spiro atoms. The van der Waals surface area contributed by atoms with Crippen molar-refractivity contribution in [1.82, 2.24) is 14.5 Å². The highest BCUT2D eigenvalue weighted by Gasteiger charge is 2.31. The number of aromatic nitrogens is 2. The Morgan fingerprint density at radius 3 is 2.41 bits per heavy atom. The summed E-state index contributed by atoms with van der Waals surface area (Å²) < 4.78 is 15.3. The van der Waals surface area contributed by atoms with E-state index in [2.05, 4.69) is 23.2 Å². The van der Waals surface area contributed by atoms with E-state index in [1.54, 1.807) is 35.0 Å². The predicted molar refractivity (Wildman–Crippen MR) is 131 cm³/mol. The molecule has 0 unspecified atom stereocenters. The third kappa shape index (κ3) is 3.89. The van der Waals surface area contributed by atoms with E-state index in [1.807, 2.05) is 25.7 Å². The summed E-state index contributed by atoms with van der Waals surface area (Å²) in [4.78, 5) is 33.7. The number of benzene rings is 2. The van der Waals surface area contributed by atoms with Crippen LogP contribution in [0.15, 0.2) is 65.6 Å². The van der Waals surface area contributed by atoms with Gasteiger partial charge in [-0.3, -0.25) is 14.6 Å². The van der Waals surface area contributed by atoms with Crippen molar-refractivity contribution in [2.75, 3.05) is 6.54 Å². The molecule has 1 atom stereocenters. The number of amides is 1. The number of carbonyl (C=O) groups is 1. The quantitative estimate of drug-likeness (QED) is 0.431. The summed E-state index contributed by atoms with van der Waals surface area (Å²) in [5, 5.41) is 0.597. The Labute approximate surface area is 197 Å². The molecule has 0 saturated carbocycles. The number of aryl methyl sites for hydroxylation is 2. The number of fused-ring (bicyclic) bond motifs is 2. The van der Waals surface area contributed by atoms with Crippen LogP contribution in [0.1, 0.15) is 34.1 Å². The molecule has 2 aromatic heterocycles. The maximum absolute atomic E-state index is 14.1. The van der Waals surface area contributed by atoms with Gasteiger partial charge in [-0.05, 0) is 49.1 Å². The van der Waals surface area contributed by atoms with Gasteiger partial charge in [-0.25, -0.2) is 4.39 Å². The maximum atomic E-state index is 14.1. The van der Waals surface area contributed by atoms with E-state index in [1.165, 1.54) is 12.1 Å². The lowest BCUT2D eigenvalue weighted by atomic mass is 9.97.